The lowest BCUT2D eigenvalue weighted by Gasteiger charge is -2.10. The van der Waals surface area contributed by atoms with E-state index in [0.29, 0.717) is 18.3 Å². The molecule has 1 heterocycles. The number of aromatic nitrogens is 1. The molecule has 0 bridgehead atoms. The van der Waals surface area contributed by atoms with E-state index in [1.54, 1.807) is 13.1 Å². The zero-order valence-corrected chi connectivity index (χ0v) is 9.04. The van der Waals surface area contributed by atoms with Crippen molar-refractivity contribution < 1.29 is 13.9 Å². The van der Waals surface area contributed by atoms with E-state index in [0.717, 1.165) is 0 Å². The van der Waals surface area contributed by atoms with E-state index in [1.165, 1.54) is 18.0 Å². The average molecular weight is 215 g/mol. The highest BCUT2D eigenvalue weighted by Gasteiger charge is 2.20. The van der Waals surface area contributed by atoms with Gasteiger partial charge in [0.1, 0.15) is 11.5 Å². The predicted molar refractivity (Wildman–Crippen MR) is 53.1 cm³/mol. The van der Waals surface area contributed by atoms with Crippen molar-refractivity contribution in [3.8, 4) is 0 Å². The largest absolute Gasteiger partial charge is 0.465 e. The number of esters is 1. The first kappa shape index (κ1) is 11.1. The van der Waals surface area contributed by atoms with Gasteiger partial charge < -0.3 is 9.15 Å². The Morgan fingerprint density at radius 3 is 3.00 bits per heavy atom. The molecule has 0 aliphatic heterocycles. The molecule has 0 radical (unpaired) electrons. The smallest absolute Gasteiger partial charge is 0.319 e. The van der Waals surface area contributed by atoms with Crippen LogP contribution in [0, 0.1) is 0 Å². The summed E-state index contributed by atoms with van der Waals surface area (Å²) in [5, 5.41) is 0.276. The molecule has 1 aromatic heterocycles. The van der Waals surface area contributed by atoms with Crippen molar-refractivity contribution >= 4 is 17.7 Å². The monoisotopic (exact) mass is 215 g/mol. The molecule has 0 amide bonds. The molecule has 0 spiro atoms. The summed E-state index contributed by atoms with van der Waals surface area (Å²) in [5.41, 5.74) is 0. The molecular formula is C9H13NO3S. The van der Waals surface area contributed by atoms with Crippen molar-refractivity contribution in [3.05, 3.63) is 12.5 Å². The van der Waals surface area contributed by atoms with Gasteiger partial charge in [-0.25, -0.2) is 4.98 Å². The zero-order chi connectivity index (χ0) is 10.4. The van der Waals surface area contributed by atoms with Crippen molar-refractivity contribution in [2.75, 3.05) is 6.61 Å². The van der Waals surface area contributed by atoms with Crippen LogP contribution in [0.25, 0.3) is 0 Å². The normalized spacial score (nSPS) is 12.4. The van der Waals surface area contributed by atoms with E-state index in [-0.39, 0.29) is 11.2 Å². The van der Waals surface area contributed by atoms with Crippen molar-refractivity contribution in [2.24, 2.45) is 0 Å². The van der Waals surface area contributed by atoms with Crippen LogP contribution in [0.3, 0.4) is 0 Å². The van der Waals surface area contributed by atoms with Gasteiger partial charge in [0.25, 0.3) is 5.22 Å². The molecule has 0 aromatic carbocycles. The Bertz CT molecular complexity index is 274. The highest BCUT2D eigenvalue weighted by atomic mass is 32.2. The van der Waals surface area contributed by atoms with E-state index in [2.05, 4.69) is 4.98 Å². The molecule has 0 aliphatic carbocycles. The summed E-state index contributed by atoms with van der Waals surface area (Å²) in [4.78, 5) is 15.3. The maximum Gasteiger partial charge on any atom is 0.319 e. The van der Waals surface area contributed by atoms with E-state index >= 15 is 0 Å². The third kappa shape index (κ3) is 3.06. The zero-order valence-electron chi connectivity index (χ0n) is 8.23. The topological polar surface area (TPSA) is 52.3 Å². The highest BCUT2D eigenvalue weighted by molar-refractivity contribution is 8.00. The Kier molecular flexibility index (Phi) is 4.52. The van der Waals surface area contributed by atoms with Gasteiger partial charge in [0.2, 0.25) is 0 Å². The van der Waals surface area contributed by atoms with Gasteiger partial charge in [-0.3, -0.25) is 4.79 Å². The summed E-state index contributed by atoms with van der Waals surface area (Å²) in [7, 11) is 0. The maximum absolute atomic E-state index is 11.4. The van der Waals surface area contributed by atoms with Gasteiger partial charge in [0.15, 0.2) is 0 Å². The maximum atomic E-state index is 11.4. The van der Waals surface area contributed by atoms with Crippen LogP contribution in [0.5, 0.6) is 0 Å². The molecule has 0 fully saturated rings. The quantitative estimate of drug-likeness (QED) is 0.556. The van der Waals surface area contributed by atoms with Gasteiger partial charge in [-0.1, -0.05) is 18.7 Å². The summed E-state index contributed by atoms with van der Waals surface area (Å²) in [6.07, 6.45) is 3.74. The molecular weight excluding hydrogens is 202 g/mol. The molecule has 1 atom stereocenters. The van der Waals surface area contributed by atoms with Gasteiger partial charge in [-0.2, -0.15) is 0 Å². The number of rotatable bonds is 5. The summed E-state index contributed by atoms with van der Waals surface area (Å²) < 4.78 is 9.95. The number of nitrogens with zero attached hydrogens (tertiary/aromatic N) is 1. The van der Waals surface area contributed by atoms with E-state index in [4.69, 9.17) is 9.15 Å². The minimum atomic E-state index is -0.228. The SMILES string of the molecule is CCOC(=O)[C@@H](CC)Sc1ncco1. The second kappa shape index (κ2) is 5.70. The molecule has 0 unspecified atom stereocenters. The highest BCUT2D eigenvalue weighted by Crippen LogP contribution is 2.24. The number of hydrogen-bond acceptors (Lipinski definition) is 5. The third-order valence-electron chi connectivity index (χ3n) is 1.57. The lowest BCUT2D eigenvalue weighted by molar-refractivity contribution is -0.142. The Hall–Kier alpha value is -0.970. The number of thioether (sulfide) groups is 1. The van der Waals surface area contributed by atoms with Crippen molar-refractivity contribution in [1.82, 2.24) is 4.98 Å². The molecule has 0 N–H and O–H groups in total. The predicted octanol–water partition coefficient (Wildman–Crippen LogP) is 2.11. The lowest BCUT2D eigenvalue weighted by atomic mass is 10.3. The molecule has 1 rings (SSSR count). The minimum absolute atomic E-state index is 0.210. The van der Waals surface area contributed by atoms with Gasteiger partial charge in [-0.05, 0) is 13.3 Å². The molecule has 78 valence electrons. The van der Waals surface area contributed by atoms with Gasteiger partial charge in [-0.15, -0.1) is 0 Å². The van der Waals surface area contributed by atoms with Crippen LogP contribution in [-0.4, -0.2) is 22.8 Å². The second-order valence-corrected chi connectivity index (χ2v) is 3.72. The molecule has 4 nitrogen and oxygen atoms in total. The van der Waals surface area contributed by atoms with Crippen molar-refractivity contribution in [1.29, 1.82) is 0 Å². The number of carbonyl (C=O) groups excluding carboxylic acids is 1. The number of carbonyl (C=O) groups is 1. The Morgan fingerprint density at radius 2 is 2.50 bits per heavy atom. The van der Waals surface area contributed by atoms with E-state index in [1.807, 2.05) is 6.92 Å². The summed E-state index contributed by atoms with van der Waals surface area (Å²) in [6, 6.07) is 0. The Labute approximate surface area is 87.0 Å². The molecule has 14 heavy (non-hydrogen) atoms. The average Bonchev–Trinajstić information content (AvgIpc) is 2.66. The standard InChI is InChI=1S/C9H13NO3S/c1-3-7(8(11)12-4-2)14-9-10-5-6-13-9/h5-7H,3-4H2,1-2H3/t7-/m1/s1. The van der Waals surface area contributed by atoms with E-state index in [9.17, 15) is 4.79 Å². The van der Waals surface area contributed by atoms with Crippen LogP contribution >= 0.6 is 11.8 Å². The van der Waals surface area contributed by atoms with Gasteiger partial charge in [0, 0.05) is 0 Å². The van der Waals surface area contributed by atoms with Gasteiger partial charge >= 0.3 is 5.97 Å². The third-order valence-corrected chi connectivity index (χ3v) is 2.79. The van der Waals surface area contributed by atoms with Crippen molar-refractivity contribution in [2.45, 2.75) is 30.7 Å². The summed E-state index contributed by atoms with van der Waals surface area (Å²) >= 11 is 1.29. The molecule has 1 aromatic rings. The van der Waals surface area contributed by atoms with Crippen LogP contribution in [0.4, 0.5) is 0 Å². The van der Waals surface area contributed by atoms with Crippen LogP contribution < -0.4 is 0 Å². The number of ether oxygens (including phenoxy) is 1. The first-order valence-corrected chi connectivity index (χ1v) is 5.38. The second-order valence-electron chi connectivity index (χ2n) is 2.56. The number of hydrogen-bond donors (Lipinski definition) is 0. The molecule has 5 heteroatoms. The van der Waals surface area contributed by atoms with E-state index < -0.39 is 0 Å². The fraction of sp³-hybridized carbons (Fsp3) is 0.556. The summed E-state index contributed by atoms with van der Waals surface area (Å²) in [6.45, 7) is 4.12. The molecule has 0 saturated carbocycles. The Balaban J connectivity index is 2.50. The first-order valence-electron chi connectivity index (χ1n) is 4.50. The Morgan fingerprint density at radius 1 is 1.71 bits per heavy atom. The van der Waals surface area contributed by atoms with Crippen LogP contribution in [-0.2, 0) is 9.53 Å². The number of oxazole rings is 1. The van der Waals surface area contributed by atoms with Crippen molar-refractivity contribution in [3.63, 3.8) is 0 Å². The molecule has 0 aliphatic rings. The first-order chi connectivity index (χ1) is 6.77. The van der Waals surface area contributed by atoms with Crippen LogP contribution in [0.2, 0.25) is 0 Å². The van der Waals surface area contributed by atoms with Gasteiger partial charge in [0.05, 0.1) is 12.8 Å². The van der Waals surface area contributed by atoms with Crippen LogP contribution in [0.15, 0.2) is 22.1 Å². The van der Waals surface area contributed by atoms with Crippen LogP contribution in [0.1, 0.15) is 20.3 Å². The summed E-state index contributed by atoms with van der Waals surface area (Å²) in [5.74, 6) is -0.210. The fourth-order valence-electron chi connectivity index (χ4n) is 0.924. The fourth-order valence-corrected chi connectivity index (χ4v) is 1.73. The minimum Gasteiger partial charge on any atom is -0.465 e. The molecule has 0 saturated heterocycles. The lowest BCUT2D eigenvalue weighted by Crippen LogP contribution is -2.19.